The molecular formula is C17H19FN2O9. The van der Waals surface area contributed by atoms with Gasteiger partial charge in [0.25, 0.3) is 11.3 Å². The number of aromatic amines is 1. The Kier molecular flexibility index (Phi) is 6.07. The molecule has 1 aliphatic heterocycles. The average molecular weight is 414 g/mol. The fourth-order valence-corrected chi connectivity index (χ4v) is 2.99. The first-order valence-electron chi connectivity index (χ1n) is 8.27. The monoisotopic (exact) mass is 414 g/mol. The van der Waals surface area contributed by atoms with E-state index in [1.54, 1.807) is 4.98 Å². The van der Waals surface area contributed by atoms with Crippen molar-refractivity contribution in [3.8, 4) is 0 Å². The molecule has 0 saturated carbocycles. The lowest BCUT2D eigenvalue weighted by molar-refractivity contribution is -0.202. The molecule has 1 N–H and O–H groups in total. The topological polar surface area (TPSA) is 143 Å². The summed E-state index contributed by atoms with van der Waals surface area (Å²) in [6.07, 6.45) is 0.00727. The fraction of sp³-hybridized carbons (Fsp3) is 0.471. The van der Waals surface area contributed by atoms with E-state index in [-0.39, 0.29) is 0 Å². The van der Waals surface area contributed by atoms with Crippen LogP contribution in [-0.2, 0) is 39.1 Å². The highest BCUT2D eigenvalue weighted by Crippen LogP contribution is 2.42. The average Bonchev–Trinajstić information content (AvgIpc) is 2.90. The van der Waals surface area contributed by atoms with Gasteiger partial charge < -0.3 is 18.9 Å². The second-order valence-electron chi connectivity index (χ2n) is 6.26. The molecule has 0 amide bonds. The number of hydrogen-bond donors (Lipinski definition) is 1. The van der Waals surface area contributed by atoms with Crippen LogP contribution >= 0.6 is 0 Å². The van der Waals surface area contributed by atoms with Crippen LogP contribution in [0.5, 0.6) is 0 Å². The molecule has 0 radical (unpaired) electrons. The van der Waals surface area contributed by atoms with E-state index < -0.39 is 65.6 Å². The van der Waals surface area contributed by atoms with E-state index in [0.717, 1.165) is 26.8 Å². The molecule has 1 aromatic heterocycles. The number of H-pyrrole nitrogens is 1. The molecule has 0 aromatic carbocycles. The van der Waals surface area contributed by atoms with Gasteiger partial charge in [-0.2, -0.15) is 4.39 Å². The van der Waals surface area contributed by atoms with Gasteiger partial charge in [0.15, 0.2) is 11.7 Å². The van der Waals surface area contributed by atoms with Gasteiger partial charge in [-0.25, -0.2) is 4.79 Å². The van der Waals surface area contributed by atoms with Gasteiger partial charge in [0, 0.05) is 20.8 Å². The standard InChI is InChI=1S/C17H19FN2O9/c1-5-16(7-26-9(2)21)14(28-10(3)22)17(8-27-16,29-11(4)23)20-6-12(18)13(24)19-15(20)25/h5-6,14H,1,7-8H2,2-4H3,(H,19,24,25)/t14-,16-,17+/m1/s1. The number of nitrogens with zero attached hydrogens (tertiary/aromatic N) is 1. The summed E-state index contributed by atoms with van der Waals surface area (Å²) in [7, 11) is 0. The summed E-state index contributed by atoms with van der Waals surface area (Å²) in [6.45, 7) is 5.59. The maximum atomic E-state index is 14.0. The largest absolute Gasteiger partial charge is 0.462 e. The molecule has 0 unspecified atom stereocenters. The highest BCUT2D eigenvalue weighted by atomic mass is 19.1. The summed E-state index contributed by atoms with van der Waals surface area (Å²) in [5.41, 5.74) is -6.44. The first-order valence-corrected chi connectivity index (χ1v) is 8.27. The van der Waals surface area contributed by atoms with Gasteiger partial charge in [0.05, 0.1) is 6.20 Å². The van der Waals surface area contributed by atoms with E-state index in [1.165, 1.54) is 0 Å². The highest BCUT2D eigenvalue weighted by molar-refractivity contribution is 5.68. The van der Waals surface area contributed by atoms with Crippen molar-refractivity contribution >= 4 is 17.9 Å². The van der Waals surface area contributed by atoms with Crippen LogP contribution in [0.3, 0.4) is 0 Å². The number of nitrogens with one attached hydrogen (secondary N) is 1. The number of halogens is 1. The van der Waals surface area contributed by atoms with Gasteiger partial charge in [0.1, 0.15) is 13.2 Å². The van der Waals surface area contributed by atoms with Crippen LogP contribution in [0.1, 0.15) is 20.8 Å². The Labute approximate surface area is 163 Å². The molecule has 0 spiro atoms. The van der Waals surface area contributed by atoms with Crippen LogP contribution in [0.4, 0.5) is 4.39 Å². The maximum Gasteiger partial charge on any atom is 0.331 e. The quantitative estimate of drug-likeness (QED) is 0.364. The minimum absolute atomic E-state index is 0.495. The molecule has 158 valence electrons. The number of ether oxygens (including phenoxy) is 4. The number of rotatable bonds is 6. The lowest BCUT2D eigenvalue weighted by Gasteiger charge is -2.37. The van der Waals surface area contributed by atoms with Gasteiger partial charge in [-0.15, -0.1) is 0 Å². The number of carbonyl (C=O) groups excluding carboxylic acids is 3. The maximum absolute atomic E-state index is 14.0. The van der Waals surface area contributed by atoms with Crippen LogP contribution in [0.2, 0.25) is 0 Å². The smallest absolute Gasteiger partial charge is 0.331 e. The van der Waals surface area contributed by atoms with Crippen LogP contribution in [-0.4, -0.2) is 52.4 Å². The van der Waals surface area contributed by atoms with Crippen molar-refractivity contribution < 1.29 is 37.7 Å². The van der Waals surface area contributed by atoms with Crippen molar-refractivity contribution in [2.75, 3.05) is 13.2 Å². The van der Waals surface area contributed by atoms with E-state index in [4.69, 9.17) is 18.9 Å². The Morgan fingerprint density at radius 1 is 1.31 bits per heavy atom. The van der Waals surface area contributed by atoms with Crippen molar-refractivity contribution in [1.82, 2.24) is 9.55 Å². The predicted molar refractivity (Wildman–Crippen MR) is 92.1 cm³/mol. The Morgan fingerprint density at radius 3 is 2.48 bits per heavy atom. The molecule has 29 heavy (non-hydrogen) atoms. The zero-order chi connectivity index (χ0) is 22.0. The lowest BCUT2D eigenvalue weighted by Crippen LogP contribution is -2.59. The van der Waals surface area contributed by atoms with Gasteiger partial charge in [0.2, 0.25) is 5.82 Å². The second kappa shape index (κ2) is 7.99. The Hall–Kier alpha value is -3.28. The molecule has 1 aliphatic rings. The third kappa shape index (κ3) is 4.11. The van der Waals surface area contributed by atoms with E-state index in [1.807, 2.05) is 0 Å². The molecule has 1 saturated heterocycles. The summed E-state index contributed by atoms with van der Waals surface area (Å²) in [5.74, 6) is -3.87. The predicted octanol–water partition coefficient (Wildman–Crippen LogP) is -0.659. The van der Waals surface area contributed by atoms with Crippen LogP contribution in [0.15, 0.2) is 28.4 Å². The van der Waals surface area contributed by atoms with Gasteiger partial charge in [-0.3, -0.25) is 28.7 Å². The summed E-state index contributed by atoms with van der Waals surface area (Å²) < 4.78 is 35.6. The number of aromatic nitrogens is 2. The van der Waals surface area contributed by atoms with E-state index >= 15 is 0 Å². The fourth-order valence-electron chi connectivity index (χ4n) is 2.99. The molecule has 3 atom stereocenters. The van der Waals surface area contributed by atoms with E-state index in [9.17, 15) is 28.4 Å². The minimum atomic E-state index is -2.23. The van der Waals surface area contributed by atoms with Crippen molar-refractivity contribution in [1.29, 1.82) is 0 Å². The van der Waals surface area contributed by atoms with Gasteiger partial charge >= 0.3 is 23.6 Å². The zero-order valence-corrected chi connectivity index (χ0v) is 15.9. The molecular weight excluding hydrogens is 395 g/mol. The third-order valence-corrected chi connectivity index (χ3v) is 4.16. The zero-order valence-electron chi connectivity index (χ0n) is 15.9. The Morgan fingerprint density at radius 2 is 1.97 bits per heavy atom. The molecule has 1 aromatic rings. The number of carbonyl (C=O) groups is 3. The summed E-state index contributed by atoms with van der Waals surface area (Å²) in [4.78, 5) is 60.4. The van der Waals surface area contributed by atoms with Crippen molar-refractivity contribution in [3.63, 3.8) is 0 Å². The first kappa shape index (κ1) is 22.0. The summed E-state index contributed by atoms with van der Waals surface area (Å²) in [6, 6.07) is 0. The lowest BCUT2D eigenvalue weighted by atomic mass is 9.92. The van der Waals surface area contributed by atoms with Crippen LogP contribution < -0.4 is 11.2 Å². The number of hydrogen-bond acceptors (Lipinski definition) is 9. The van der Waals surface area contributed by atoms with Gasteiger partial charge in [-0.05, 0) is 0 Å². The molecule has 0 aliphatic carbocycles. The van der Waals surface area contributed by atoms with Crippen molar-refractivity contribution in [2.24, 2.45) is 0 Å². The van der Waals surface area contributed by atoms with Gasteiger partial charge in [-0.1, -0.05) is 12.7 Å². The number of esters is 3. The molecule has 1 fully saturated rings. The Bertz CT molecular complexity index is 968. The van der Waals surface area contributed by atoms with Crippen LogP contribution in [0.25, 0.3) is 0 Å². The minimum Gasteiger partial charge on any atom is -0.462 e. The summed E-state index contributed by atoms with van der Waals surface area (Å²) >= 11 is 0. The third-order valence-electron chi connectivity index (χ3n) is 4.16. The first-order chi connectivity index (χ1) is 13.5. The molecule has 12 heteroatoms. The molecule has 0 bridgehead atoms. The SMILES string of the molecule is C=C[C@]1(COC(C)=O)OC[C@@](OC(C)=O)(n2cc(F)c(=O)[nH]c2=O)[C@@H]1OC(C)=O. The molecule has 11 nitrogen and oxygen atoms in total. The van der Waals surface area contributed by atoms with Crippen molar-refractivity contribution in [2.45, 2.75) is 38.2 Å². The van der Waals surface area contributed by atoms with E-state index in [0.29, 0.717) is 10.8 Å². The summed E-state index contributed by atoms with van der Waals surface area (Å²) in [5, 5.41) is 0. The second-order valence-corrected chi connectivity index (χ2v) is 6.26. The normalized spacial score (nSPS) is 25.9. The molecule has 2 heterocycles. The highest BCUT2D eigenvalue weighted by Gasteiger charge is 2.64. The van der Waals surface area contributed by atoms with Crippen LogP contribution in [0, 0.1) is 5.82 Å². The Balaban J connectivity index is 2.76. The molecule has 2 rings (SSSR count). The van der Waals surface area contributed by atoms with Crippen molar-refractivity contribution in [3.05, 3.63) is 45.5 Å². The van der Waals surface area contributed by atoms with E-state index in [2.05, 4.69) is 6.58 Å².